The van der Waals surface area contributed by atoms with Gasteiger partial charge in [0.2, 0.25) is 0 Å². The van der Waals surface area contributed by atoms with Gasteiger partial charge in [-0.3, -0.25) is 4.79 Å². The van der Waals surface area contributed by atoms with Crippen LogP contribution in [0.3, 0.4) is 0 Å². The second-order valence-electron chi connectivity index (χ2n) is 6.59. The minimum Gasteiger partial charge on any atom is -0.480 e. The Kier molecular flexibility index (Phi) is 11.5. The Bertz CT molecular complexity index is 800. The smallest absolute Gasteiger partial charge is 0.480 e. The van der Waals surface area contributed by atoms with Gasteiger partial charge in [0.05, 0.1) is 0 Å². The van der Waals surface area contributed by atoms with Crippen molar-refractivity contribution >= 4 is 33.1 Å². The number of carboxylic acid groups (broad SMARTS) is 3. The van der Waals surface area contributed by atoms with Gasteiger partial charge < -0.3 is 20.6 Å². The van der Waals surface area contributed by atoms with E-state index in [4.69, 9.17) is 10.2 Å². The molecule has 0 radical (unpaired) electrons. The molecule has 31 heavy (non-hydrogen) atoms. The summed E-state index contributed by atoms with van der Waals surface area (Å²) in [5, 5.41) is 33.9. The van der Waals surface area contributed by atoms with Gasteiger partial charge in [-0.1, -0.05) is 0 Å². The number of urea groups is 1. The first-order valence-corrected chi connectivity index (χ1v) is 10.8. The number of aliphatic carboxylic acids is 3. The molecule has 0 saturated carbocycles. The minimum absolute atomic E-state index is 0.0673. The van der Waals surface area contributed by atoms with Crippen LogP contribution in [0.2, 0.25) is 0 Å². The first-order chi connectivity index (χ1) is 14.6. The zero-order valence-electron chi connectivity index (χ0n) is 16.5. The van der Waals surface area contributed by atoms with Crippen LogP contribution < -0.4 is 19.2 Å². The molecule has 0 aliphatic carbocycles. The van der Waals surface area contributed by atoms with Crippen LogP contribution in [0.15, 0.2) is 24.3 Å². The summed E-state index contributed by atoms with van der Waals surface area (Å²) in [6, 6.07) is 3.39. The molecular formula is C19H24AtN3O8. The molecule has 1 aromatic carbocycles. The van der Waals surface area contributed by atoms with Crippen molar-refractivity contribution in [3.63, 3.8) is 0 Å². The molecule has 0 spiro atoms. The third-order valence-electron chi connectivity index (χ3n) is 4.17. The number of benzene rings is 1. The molecule has 1 rings (SSSR count). The van der Waals surface area contributed by atoms with Crippen LogP contribution in [-0.4, -0.2) is 63.8 Å². The number of hydrogen-bond donors (Lipinski definition) is 6. The van der Waals surface area contributed by atoms with E-state index < -0.39 is 42.4 Å². The predicted octanol–water partition coefficient (Wildman–Crippen LogP) is -0.168. The average molecular weight is 633 g/mol. The normalized spacial score (nSPS) is 12.3. The van der Waals surface area contributed by atoms with E-state index in [2.05, 4.69) is 16.0 Å². The quantitative estimate of drug-likeness (QED) is 0.162. The van der Waals surface area contributed by atoms with Gasteiger partial charge in [-0.25, -0.2) is 14.4 Å². The Balaban J connectivity index is 2.41. The van der Waals surface area contributed by atoms with Crippen molar-refractivity contribution in [1.29, 1.82) is 0 Å². The molecule has 0 aliphatic heterocycles. The molecular weight excluding hydrogens is 609 g/mol. The third-order valence-corrected chi connectivity index (χ3v) is 5.14. The SMILES string of the molecule is O=C(O)CC[C@H](NC(=O)N[C@@H](CCCCNC(=O)c1ccc([211At])cc1)C(=O)O)C(=O)O. The van der Waals surface area contributed by atoms with E-state index in [0.717, 1.165) is 3.27 Å². The van der Waals surface area contributed by atoms with E-state index in [-0.39, 0.29) is 18.7 Å². The zero-order chi connectivity index (χ0) is 23.4. The van der Waals surface area contributed by atoms with Crippen molar-refractivity contribution in [2.45, 2.75) is 44.2 Å². The molecule has 0 unspecified atom stereocenters. The van der Waals surface area contributed by atoms with Crippen molar-refractivity contribution in [2.75, 3.05) is 6.54 Å². The standard InChI is InChI=1S/C19H24AtN3O8/c20-12-6-4-11(5-7-12)16(26)21-10-2-1-3-13(17(27)28)22-19(31)23-14(18(29)30)8-9-15(24)25/h4-7,13-14H,1-3,8-10H2,(H,21,26)(H,24,25)(H,27,28)(H,29,30)(H2,22,23,31)/t13-,14-/m0/s1/i20+1. The summed E-state index contributed by atoms with van der Waals surface area (Å²) >= 11 is 1.50. The molecule has 0 fully saturated rings. The Hall–Kier alpha value is -2.75. The fourth-order valence-electron chi connectivity index (χ4n) is 2.52. The van der Waals surface area contributed by atoms with Crippen molar-refractivity contribution in [3.05, 3.63) is 29.8 Å². The molecule has 0 bridgehead atoms. The zero-order valence-corrected chi connectivity index (χ0v) is 19.4. The number of amides is 3. The van der Waals surface area contributed by atoms with Crippen LogP contribution in [0.1, 0.15) is 42.5 Å². The summed E-state index contributed by atoms with van der Waals surface area (Å²) in [4.78, 5) is 56.9. The van der Waals surface area contributed by atoms with Gasteiger partial charge in [-0.05, 0) is 6.42 Å². The Labute approximate surface area is 193 Å². The van der Waals surface area contributed by atoms with Crippen LogP contribution in [0, 0.1) is 24.7 Å². The van der Waals surface area contributed by atoms with Gasteiger partial charge in [-0.15, -0.1) is 0 Å². The topological polar surface area (TPSA) is 182 Å². The number of carbonyl (C=O) groups is 5. The molecule has 2 atom stereocenters. The van der Waals surface area contributed by atoms with Gasteiger partial charge in [0.25, 0.3) is 0 Å². The summed E-state index contributed by atoms with van der Waals surface area (Å²) in [7, 11) is 0. The Morgan fingerprint density at radius 3 is 1.90 bits per heavy atom. The number of carbonyl (C=O) groups excluding carboxylic acids is 2. The van der Waals surface area contributed by atoms with Crippen molar-refractivity contribution in [2.24, 2.45) is 0 Å². The second-order valence-corrected chi connectivity index (χ2v) is 8.29. The number of unbranched alkanes of at least 4 members (excludes halogenated alkanes) is 1. The molecule has 0 aromatic heterocycles. The van der Waals surface area contributed by atoms with Crippen molar-refractivity contribution in [1.82, 2.24) is 16.0 Å². The molecule has 0 aliphatic rings. The molecule has 170 valence electrons. The Morgan fingerprint density at radius 1 is 0.839 bits per heavy atom. The Morgan fingerprint density at radius 2 is 1.39 bits per heavy atom. The van der Waals surface area contributed by atoms with E-state index in [1.807, 2.05) is 12.1 Å². The van der Waals surface area contributed by atoms with Crippen LogP contribution >= 0.6 is 0 Å². The van der Waals surface area contributed by atoms with Gasteiger partial charge >= 0.3 is 135 Å². The molecule has 0 saturated heterocycles. The first kappa shape index (κ1) is 26.3. The molecule has 11 nitrogen and oxygen atoms in total. The second kappa shape index (κ2) is 13.5. The van der Waals surface area contributed by atoms with Gasteiger partial charge in [0, 0.05) is 6.42 Å². The summed E-state index contributed by atoms with van der Waals surface area (Å²) in [6.07, 6.45) is 0.128. The number of hydrogen-bond acceptors (Lipinski definition) is 5. The number of carboxylic acids is 3. The van der Waals surface area contributed by atoms with Crippen LogP contribution in [0.4, 0.5) is 4.79 Å². The van der Waals surface area contributed by atoms with Crippen LogP contribution in [0.5, 0.6) is 0 Å². The van der Waals surface area contributed by atoms with E-state index in [9.17, 15) is 29.1 Å². The summed E-state index contributed by atoms with van der Waals surface area (Å²) < 4.78 is 1.09. The molecule has 6 N–H and O–H groups in total. The van der Waals surface area contributed by atoms with Crippen LogP contribution in [0.25, 0.3) is 0 Å². The number of rotatable bonds is 13. The van der Waals surface area contributed by atoms with Gasteiger partial charge in [0.1, 0.15) is 6.04 Å². The minimum atomic E-state index is -1.46. The summed E-state index contributed by atoms with van der Waals surface area (Å²) in [6.45, 7) is 0.324. The fourth-order valence-corrected chi connectivity index (χ4v) is 3.01. The monoisotopic (exact) mass is 633 g/mol. The van der Waals surface area contributed by atoms with Crippen LogP contribution in [-0.2, 0) is 14.4 Å². The van der Waals surface area contributed by atoms with Crippen molar-refractivity contribution < 1.29 is 64.0 Å². The average Bonchev–Trinajstić information content (AvgIpc) is 2.69. The van der Waals surface area contributed by atoms with E-state index in [1.165, 1.54) is 24.7 Å². The predicted molar refractivity (Wildman–Crippen MR) is 104 cm³/mol. The summed E-state index contributed by atoms with van der Waals surface area (Å²) in [5.74, 6) is -4.17. The maximum atomic E-state index is 12.0. The molecule has 12 heteroatoms. The third kappa shape index (κ3) is 10.7. The molecule has 1 aromatic rings. The number of nitrogens with one attached hydrogen (secondary N) is 3. The van der Waals surface area contributed by atoms with Gasteiger partial charge in [0.15, 0.2) is 0 Å². The molecule has 0 heterocycles. The fraction of sp³-hybridized carbons (Fsp3) is 0.421. The maximum absolute atomic E-state index is 12.0. The molecule has 3 amide bonds. The van der Waals surface area contributed by atoms with E-state index in [1.54, 1.807) is 12.1 Å². The van der Waals surface area contributed by atoms with Gasteiger partial charge in [-0.2, -0.15) is 0 Å². The van der Waals surface area contributed by atoms with E-state index >= 15 is 0 Å². The first-order valence-electron chi connectivity index (χ1n) is 9.38. The van der Waals surface area contributed by atoms with Crippen molar-refractivity contribution in [3.8, 4) is 0 Å². The summed E-state index contributed by atoms with van der Waals surface area (Å²) in [5.41, 5.74) is 0.526. The van der Waals surface area contributed by atoms with E-state index in [0.29, 0.717) is 24.9 Å².